The van der Waals surface area contributed by atoms with Crippen LogP contribution < -0.4 is 10.1 Å². The average molecular weight is 396 g/mol. The Labute approximate surface area is 147 Å². The smallest absolute Gasteiger partial charge is 0.339 e. The highest BCUT2D eigenvalue weighted by molar-refractivity contribution is 9.10. The van der Waals surface area contributed by atoms with E-state index >= 15 is 0 Å². The van der Waals surface area contributed by atoms with Gasteiger partial charge in [0.2, 0.25) is 0 Å². The molecule has 128 valence electrons. The van der Waals surface area contributed by atoms with Gasteiger partial charge in [-0.05, 0) is 45.0 Å². The maximum Gasteiger partial charge on any atom is 0.339 e. The molecule has 0 fully saturated rings. The summed E-state index contributed by atoms with van der Waals surface area (Å²) < 4.78 is 11.8. The zero-order valence-corrected chi connectivity index (χ0v) is 15.1. The second-order valence-corrected chi connectivity index (χ2v) is 6.39. The number of rotatable bonds is 6. The van der Waals surface area contributed by atoms with Crippen molar-refractivity contribution in [1.82, 2.24) is 5.32 Å². The summed E-state index contributed by atoms with van der Waals surface area (Å²) in [6, 6.07) is 6.55. The molecule has 0 unspecified atom stereocenters. The van der Waals surface area contributed by atoms with E-state index in [1.54, 1.807) is 25.1 Å². The first-order valence-corrected chi connectivity index (χ1v) is 8.14. The van der Waals surface area contributed by atoms with E-state index in [-0.39, 0.29) is 24.1 Å². The van der Waals surface area contributed by atoms with Gasteiger partial charge in [0, 0.05) is 4.47 Å². The van der Waals surface area contributed by atoms with Crippen LogP contribution in [0.4, 0.5) is 0 Å². The van der Waals surface area contributed by atoms with Crippen molar-refractivity contribution in [2.24, 2.45) is 0 Å². The largest absolute Gasteiger partial charge is 0.490 e. The van der Waals surface area contributed by atoms with Crippen LogP contribution >= 0.6 is 15.9 Å². The molecular formula is C17H18BrNO5. The van der Waals surface area contributed by atoms with Gasteiger partial charge < -0.3 is 19.6 Å². The van der Waals surface area contributed by atoms with Crippen molar-refractivity contribution in [2.75, 3.05) is 0 Å². The summed E-state index contributed by atoms with van der Waals surface area (Å²) in [5.41, 5.74) is 0.486. The summed E-state index contributed by atoms with van der Waals surface area (Å²) in [6.45, 7) is 5.41. The molecule has 1 amide bonds. The number of ether oxygens (including phenoxy) is 1. The number of carboxylic acids is 1. The minimum Gasteiger partial charge on any atom is -0.490 e. The number of halogens is 1. The molecule has 0 spiro atoms. The van der Waals surface area contributed by atoms with Crippen molar-refractivity contribution in [3.05, 3.63) is 51.4 Å². The van der Waals surface area contributed by atoms with E-state index in [0.29, 0.717) is 22.8 Å². The predicted octanol–water partition coefficient (Wildman–Crippen LogP) is 3.77. The Bertz CT molecular complexity index is 766. The van der Waals surface area contributed by atoms with Crippen LogP contribution in [0.3, 0.4) is 0 Å². The quantitative estimate of drug-likeness (QED) is 0.776. The van der Waals surface area contributed by atoms with Gasteiger partial charge >= 0.3 is 5.97 Å². The number of aryl methyl sites for hydroxylation is 1. The summed E-state index contributed by atoms with van der Waals surface area (Å²) in [5, 5.41) is 11.7. The topological polar surface area (TPSA) is 88.8 Å². The van der Waals surface area contributed by atoms with Crippen LogP contribution in [0.5, 0.6) is 5.75 Å². The lowest BCUT2D eigenvalue weighted by molar-refractivity contribution is 0.0694. The molecule has 0 radical (unpaired) electrons. The molecule has 0 atom stereocenters. The lowest BCUT2D eigenvalue weighted by Crippen LogP contribution is -2.24. The van der Waals surface area contributed by atoms with E-state index in [1.807, 2.05) is 13.8 Å². The number of carboxylic acid groups (broad SMARTS) is 1. The van der Waals surface area contributed by atoms with Crippen LogP contribution in [-0.2, 0) is 6.54 Å². The summed E-state index contributed by atoms with van der Waals surface area (Å²) in [6.07, 6.45) is -0.0725. The first kappa shape index (κ1) is 18.1. The van der Waals surface area contributed by atoms with Gasteiger partial charge in [0.05, 0.1) is 18.2 Å². The molecule has 0 aliphatic rings. The molecule has 0 saturated carbocycles. The van der Waals surface area contributed by atoms with Crippen LogP contribution in [0.2, 0.25) is 0 Å². The Morgan fingerprint density at radius 2 is 2.00 bits per heavy atom. The molecule has 0 bridgehead atoms. The van der Waals surface area contributed by atoms with Gasteiger partial charge in [0.25, 0.3) is 5.91 Å². The molecule has 24 heavy (non-hydrogen) atoms. The Hall–Kier alpha value is -2.28. The highest BCUT2D eigenvalue weighted by atomic mass is 79.9. The van der Waals surface area contributed by atoms with Gasteiger partial charge in [0.1, 0.15) is 22.8 Å². The third-order valence-corrected chi connectivity index (χ3v) is 3.67. The van der Waals surface area contributed by atoms with Gasteiger partial charge in [-0.1, -0.05) is 15.9 Å². The Kier molecular flexibility index (Phi) is 5.66. The number of amides is 1. The molecule has 0 aliphatic carbocycles. The zero-order valence-electron chi connectivity index (χ0n) is 13.6. The van der Waals surface area contributed by atoms with E-state index in [4.69, 9.17) is 14.3 Å². The molecule has 6 nitrogen and oxygen atoms in total. The van der Waals surface area contributed by atoms with E-state index in [1.165, 1.54) is 6.07 Å². The van der Waals surface area contributed by atoms with Crippen molar-refractivity contribution >= 4 is 27.8 Å². The van der Waals surface area contributed by atoms with E-state index in [0.717, 1.165) is 4.47 Å². The fraction of sp³-hybridized carbons (Fsp3) is 0.294. The van der Waals surface area contributed by atoms with Gasteiger partial charge in [-0.25, -0.2) is 4.79 Å². The number of aromatic carboxylic acids is 1. The van der Waals surface area contributed by atoms with Crippen LogP contribution in [0.15, 0.2) is 33.2 Å². The zero-order chi connectivity index (χ0) is 17.9. The van der Waals surface area contributed by atoms with Gasteiger partial charge in [-0.2, -0.15) is 0 Å². The van der Waals surface area contributed by atoms with E-state index < -0.39 is 5.97 Å². The number of benzene rings is 1. The summed E-state index contributed by atoms with van der Waals surface area (Å²) in [7, 11) is 0. The molecular weight excluding hydrogens is 378 g/mol. The molecule has 2 rings (SSSR count). The number of hydrogen-bond acceptors (Lipinski definition) is 4. The lowest BCUT2D eigenvalue weighted by Gasteiger charge is -2.14. The average Bonchev–Trinajstić information content (AvgIpc) is 2.85. The second-order valence-electron chi connectivity index (χ2n) is 5.48. The van der Waals surface area contributed by atoms with Crippen molar-refractivity contribution in [1.29, 1.82) is 0 Å². The molecule has 1 heterocycles. The van der Waals surface area contributed by atoms with Gasteiger partial charge in [-0.15, -0.1) is 0 Å². The van der Waals surface area contributed by atoms with E-state index in [9.17, 15) is 9.59 Å². The predicted molar refractivity (Wildman–Crippen MR) is 91.5 cm³/mol. The first-order chi connectivity index (χ1) is 11.3. The monoisotopic (exact) mass is 395 g/mol. The van der Waals surface area contributed by atoms with E-state index in [2.05, 4.69) is 21.2 Å². The number of furan rings is 1. The number of carbonyl (C=O) groups is 2. The van der Waals surface area contributed by atoms with Gasteiger partial charge in [-0.3, -0.25) is 4.79 Å². The fourth-order valence-electron chi connectivity index (χ4n) is 2.14. The third kappa shape index (κ3) is 4.38. The number of hydrogen-bond donors (Lipinski definition) is 2. The highest BCUT2D eigenvalue weighted by Crippen LogP contribution is 2.25. The molecule has 0 saturated heterocycles. The molecule has 2 N–H and O–H groups in total. The number of nitrogens with one attached hydrogen (secondary N) is 1. The molecule has 0 aliphatic heterocycles. The van der Waals surface area contributed by atoms with Crippen molar-refractivity contribution in [3.63, 3.8) is 0 Å². The highest BCUT2D eigenvalue weighted by Gasteiger charge is 2.17. The molecule has 1 aromatic carbocycles. The number of carbonyl (C=O) groups excluding carboxylic acids is 1. The maximum atomic E-state index is 12.4. The standard InChI is InChI=1S/C17H18BrNO5/c1-9(2)23-15-6-11(18)4-5-13(15)16(20)19-8-12-7-14(17(21)22)10(3)24-12/h4-7,9H,8H2,1-3H3,(H,19,20)(H,21,22). The second kappa shape index (κ2) is 7.53. The van der Waals surface area contributed by atoms with Crippen LogP contribution in [0.25, 0.3) is 0 Å². The Morgan fingerprint density at radius 3 is 2.58 bits per heavy atom. The SMILES string of the molecule is Cc1oc(CNC(=O)c2ccc(Br)cc2OC(C)C)cc1C(=O)O. The van der Waals surface area contributed by atoms with Crippen molar-refractivity contribution < 1.29 is 23.8 Å². The van der Waals surface area contributed by atoms with Crippen molar-refractivity contribution in [3.8, 4) is 5.75 Å². The molecule has 2 aromatic rings. The first-order valence-electron chi connectivity index (χ1n) is 7.35. The fourth-order valence-corrected chi connectivity index (χ4v) is 2.48. The Morgan fingerprint density at radius 1 is 1.29 bits per heavy atom. The summed E-state index contributed by atoms with van der Waals surface area (Å²) in [5.74, 6) is -0.238. The summed E-state index contributed by atoms with van der Waals surface area (Å²) >= 11 is 3.35. The third-order valence-electron chi connectivity index (χ3n) is 3.17. The lowest BCUT2D eigenvalue weighted by atomic mass is 10.2. The minimum atomic E-state index is -1.06. The molecule has 1 aromatic heterocycles. The minimum absolute atomic E-state index is 0.0725. The van der Waals surface area contributed by atoms with Gasteiger partial charge in [0.15, 0.2) is 0 Å². The normalized spacial score (nSPS) is 10.7. The van der Waals surface area contributed by atoms with Crippen LogP contribution in [0, 0.1) is 6.92 Å². The van der Waals surface area contributed by atoms with Crippen molar-refractivity contribution in [2.45, 2.75) is 33.4 Å². The Balaban J connectivity index is 2.13. The summed E-state index contributed by atoms with van der Waals surface area (Å²) in [4.78, 5) is 23.4. The maximum absolute atomic E-state index is 12.4. The van der Waals surface area contributed by atoms with Crippen LogP contribution in [-0.4, -0.2) is 23.1 Å². The molecule has 7 heteroatoms. The van der Waals surface area contributed by atoms with Crippen LogP contribution in [0.1, 0.15) is 46.1 Å².